The highest BCUT2D eigenvalue weighted by Crippen LogP contribution is 2.31. The first-order valence-corrected chi connectivity index (χ1v) is 9.10. The van der Waals surface area contributed by atoms with E-state index in [0.29, 0.717) is 10.1 Å². The third-order valence-corrected chi connectivity index (χ3v) is 4.98. The third-order valence-electron chi connectivity index (χ3n) is 3.85. The Hall–Kier alpha value is -3.34. The molecule has 2 aromatic heterocycles. The number of carbonyl (C=O) groups excluding carboxylic acids is 1. The van der Waals surface area contributed by atoms with E-state index >= 15 is 0 Å². The molecule has 3 aromatic rings. The Morgan fingerprint density at radius 2 is 2.00 bits per heavy atom. The lowest BCUT2D eigenvalue weighted by molar-refractivity contribution is -0.384. The molecule has 3 rings (SSSR count). The van der Waals surface area contributed by atoms with Crippen LogP contribution < -0.4 is 5.32 Å². The second-order valence-electron chi connectivity index (χ2n) is 6.21. The van der Waals surface area contributed by atoms with Crippen LogP contribution in [0.4, 0.5) is 11.6 Å². The number of aryl methyl sites for hydroxylation is 1. The Labute approximate surface area is 164 Å². The maximum Gasteiger partial charge on any atom is 0.270 e. The molecular formula is C17H17N7O3S. The van der Waals surface area contributed by atoms with Gasteiger partial charge in [0.15, 0.2) is 5.16 Å². The number of rotatable bonds is 6. The summed E-state index contributed by atoms with van der Waals surface area (Å²) in [6.07, 6.45) is 4.80. The van der Waals surface area contributed by atoms with Gasteiger partial charge in [0, 0.05) is 36.5 Å². The number of nitro benzene ring substituents is 1. The number of carbonyl (C=O) groups is 1. The molecule has 0 spiro atoms. The van der Waals surface area contributed by atoms with Crippen molar-refractivity contribution in [2.24, 2.45) is 7.05 Å². The van der Waals surface area contributed by atoms with Gasteiger partial charge in [-0.1, -0.05) is 13.8 Å². The zero-order valence-corrected chi connectivity index (χ0v) is 16.2. The van der Waals surface area contributed by atoms with Gasteiger partial charge in [0.05, 0.1) is 10.5 Å². The molecule has 0 saturated heterocycles. The van der Waals surface area contributed by atoms with Crippen LogP contribution in [-0.2, 0) is 7.05 Å². The molecule has 0 aliphatic heterocycles. The van der Waals surface area contributed by atoms with Crippen LogP contribution >= 0.6 is 11.8 Å². The van der Waals surface area contributed by atoms with E-state index in [2.05, 4.69) is 25.5 Å². The van der Waals surface area contributed by atoms with Gasteiger partial charge in [0.1, 0.15) is 6.33 Å². The van der Waals surface area contributed by atoms with Gasteiger partial charge in [0.25, 0.3) is 11.6 Å². The topological polar surface area (TPSA) is 129 Å². The van der Waals surface area contributed by atoms with E-state index in [9.17, 15) is 14.9 Å². The number of benzene rings is 1. The van der Waals surface area contributed by atoms with Gasteiger partial charge >= 0.3 is 0 Å². The Morgan fingerprint density at radius 1 is 1.29 bits per heavy atom. The van der Waals surface area contributed by atoms with Gasteiger partial charge in [0.2, 0.25) is 5.95 Å². The van der Waals surface area contributed by atoms with Crippen LogP contribution in [0, 0.1) is 10.1 Å². The van der Waals surface area contributed by atoms with Crippen LogP contribution in [0.5, 0.6) is 0 Å². The fourth-order valence-electron chi connectivity index (χ4n) is 2.23. The van der Waals surface area contributed by atoms with Gasteiger partial charge in [-0.2, -0.15) is 0 Å². The first kappa shape index (κ1) is 19.4. The van der Waals surface area contributed by atoms with Crippen LogP contribution in [-0.4, -0.2) is 35.6 Å². The molecule has 28 heavy (non-hydrogen) atoms. The fourth-order valence-corrected chi connectivity index (χ4v) is 3.10. The Kier molecular flexibility index (Phi) is 5.64. The van der Waals surface area contributed by atoms with E-state index < -0.39 is 10.8 Å². The van der Waals surface area contributed by atoms with Crippen LogP contribution in [0.2, 0.25) is 0 Å². The van der Waals surface area contributed by atoms with Crippen molar-refractivity contribution in [1.29, 1.82) is 0 Å². The fraction of sp³-hybridized carbons (Fsp3) is 0.235. The molecule has 1 N–H and O–H groups in total. The predicted octanol–water partition coefficient (Wildman–Crippen LogP) is 3.04. The average Bonchev–Trinajstić information content (AvgIpc) is 3.07. The summed E-state index contributed by atoms with van der Waals surface area (Å²) < 4.78 is 1.68. The highest BCUT2D eigenvalue weighted by molar-refractivity contribution is 7.99. The molecule has 0 radical (unpaired) electrons. The molecule has 1 aromatic carbocycles. The highest BCUT2D eigenvalue weighted by Gasteiger charge is 2.20. The van der Waals surface area contributed by atoms with E-state index in [1.165, 1.54) is 36.3 Å². The van der Waals surface area contributed by atoms with Crippen molar-refractivity contribution in [3.05, 3.63) is 58.2 Å². The van der Waals surface area contributed by atoms with Crippen molar-refractivity contribution in [3.8, 4) is 0 Å². The smallest absolute Gasteiger partial charge is 0.270 e. The molecule has 10 nitrogen and oxygen atoms in total. The van der Waals surface area contributed by atoms with Crippen molar-refractivity contribution in [3.63, 3.8) is 0 Å². The maximum absolute atomic E-state index is 12.8. The number of nitro groups is 1. The van der Waals surface area contributed by atoms with Crippen LogP contribution in [0.1, 0.15) is 35.7 Å². The van der Waals surface area contributed by atoms with Crippen LogP contribution in [0.15, 0.2) is 47.0 Å². The lowest BCUT2D eigenvalue weighted by Gasteiger charge is -2.10. The molecule has 0 fully saturated rings. The van der Waals surface area contributed by atoms with Crippen molar-refractivity contribution < 1.29 is 9.72 Å². The van der Waals surface area contributed by atoms with Gasteiger partial charge < -0.3 is 4.57 Å². The molecule has 0 aliphatic rings. The van der Waals surface area contributed by atoms with Crippen molar-refractivity contribution in [2.75, 3.05) is 5.32 Å². The normalized spacial score (nSPS) is 10.9. The Morgan fingerprint density at radius 3 is 2.57 bits per heavy atom. The van der Waals surface area contributed by atoms with E-state index in [1.807, 2.05) is 13.8 Å². The largest absolute Gasteiger partial charge is 0.311 e. The number of hydrogen-bond acceptors (Lipinski definition) is 8. The number of nitrogens with one attached hydrogen (secondary N) is 1. The summed E-state index contributed by atoms with van der Waals surface area (Å²) in [7, 11) is 1.76. The lowest BCUT2D eigenvalue weighted by atomic mass is 10.1. The van der Waals surface area contributed by atoms with Crippen molar-refractivity contribution in [1.82, 2.24) is 24.7 Å². The molecule has 1 amide bonds. The molecule has 2 heterocycles. The van der Waals surface area contributed by atoms with E-state index in [-0.39, 0.29) is 23.1 Å². The first-order valence-electron chi connectivity index (χ1n) is 8.28. The number of anilines is 1. The predicted molar refractivity (Wildman–Crippen MR) is 102 cm³/mol. The summed E-state index contributed by atoms with van der Waals surface area (Å²) in [5, 5.41) is 22.0. The molecule has 144 valence electrons. The summed E-state index contributed by atoms with van der Waals surface area (Å²) in [5.74, 6) is -0.169. The zero-order valence-electron chi connectivity index (χ0n) is 15.4. The number of nitrogens with zero attached hydrogens (tertiary/aromatic N) is 6. The van der Waals surface area contributed by atoms with Crippen molar-refractivity contribution >= 4 is 29.3 Å². The minimum absolute atomic E-state index is 0.121. The Balaban J connectivity index is 1.90. The van der Waals surface area contributed by atoms with Crippen LogP contribution in [0.25, 0.3) is 0 Å². The second-order valence-corrected chi connectivity index (χ2v) is 7.22. The minimum atomic E-state index is -0.554. The summed E-state index contributed by atoms with van der Waals surface area (Å²) in [4.78, 5) is 32.1. The van der Waals surface area contributed by atoms with Gasteiger partial charge in [-0.15, -0.1) is 10.2 Å². The first-order chi connectivity index (χ1) is 13.3. The van der Waals surface area contributed by atoms with E-state index in [0.717, 1.165) is 5.56 Å². The van der Waals surface area contributed by atoms with Crippen molar-refractivity contribution in [2.45, 2.75) is 29.8 Å². The Bertz CT molecular complexity index is 1020. The summed E-state index contributed by atoms with van der Waals surface area (Å²) in [6, 6.07) is 4.06. The average molecular weight is 399 g/mol. The molecule has 0 atom stereocenters. The highest BCUT2D eigenvalue weighted by atomic mass is 32.2. The number of non-ortho nitro benzene ring substituents is 1. The SMILES string of the molecule is CC(C)c1cnc(NC(=O)c2cc([N+](=O)[O-])ccc2Sc2nncn2C)nc1. The minimum Gasteiger partial charge on any atom is -0.311 e. The lowest BCUT2D eigenvalue weighted by Crippen LogP contribution is -2.15. The molecule has 0 bridgehead atoms. The van der Waals surface area contributed by atoms with Gasteiger partial charge in [-0.25, -0.2) is 9.97 Å². The summed E-state index contributed by atoms with van der Waals surface area (Å²) in [6.45, 7) is 4.02. The molecular weight excluding hydrogens is 382 g/mol. The number of hydrogen-bond donors (Lipinski definition) is 1. The number of aromatic nitrogens is 5. The molecule has 0 aliphatic carbocycles. The second kappa shape index (κ2) is 8.13. The quantitative estimate of drug-likeness (QED) is 0.495. The van der Waals surface area contributed by atoms with E-state index in [1.54, 1.807) is 24.0 Å². The third kappa shape index (κ3) is 4.31. The zero-order chi connectivity index (χ0) is 20.3. The maximum atomic E-state index is 12.8. The molecule has 0 unspecified atom stereocenters. The summed E-state index contributed by atoms with van der Waals surface area (Å²) in [5.41, 5.74) is 0.870. The summed E-state index contributed by atoms with van der Waals surface area (Å²) >= 11 is 1.18. The van der Waals surface area contributed by atoms with Gasteiger partial charge in [-0.05, 0) is 29.3 Å². The van der Waals surface area contributed by atoms with Crippen LogP contribution in [0.3, 0.4) is 0 Å². The molecule has 11 heteroatoms. The van der Waals surface area contributed by atoms with E-state index in [4.69, 9.17) is 0 Å². The molecule has 0 saturated carbocycles. The van der Waals surface area contributed by atoms with Gasteiger partial charge in [-0.3, -0.25) is 20.2 Å². The standard InChI is InChI=1S/C17H17N7O3S/c1-10(2)11-7-18-16(19-8-11)21-15(25)13-6-12(24(26)27)4-5-14(13)28-17-22-20-9-23(17)3/h4-10H,1-3H3,(H,18,19,21,25). The number of amides is 1. The monoisotopic (exact) mass is 399 g/mol.